The van der Waals surface area contributed by atoms with Gasteiger partial charge in [-0.3, -0.25) is 24.7 Å². The van der Waals surface area contributed by atoms with Crippen molar-refractivity contribution in [1.29, 1.82) is 0 Å². The summed E-state index contributed by atoms with van der Waals surface area (Å²) in [7, 11) is 1.66. The molecule has 20 heavy (non-hydrogen) atoms. The second-order valence-electron chi connectivity index (χ2n) is 4.31. The summed E-state index contributed by atoms with van der Waals surface area (Å²) in [5, 5.41) is 5.00. The first-order valence-electron chi connectivity index (χ1n) is 6.21. The van der Waals surface area contributed by atoms with Crippen molar-refractivity contribution < 1.29 is 14.4 Å². The smallest absolute Gasteiger partial charge is 0.275 e. The molecule has 1 aliphatic heterocycles. The highest BCUT2D eigenvalue weighted by atomic mass is 16.2. The number of nitrogens with zero attached hydrogens (tertiary/aromatic N) is 3. The number of anilines is 1. The molecule has 0 aliphatic carbocycles. The predicted octanol–water partition coefficient (Wildman–Crippen LogP) is -0.604. The Morgan fingerprint density at radius 3 is 2.90 bits per heavy atom. The number of carbonyl (C=O) groups excluding carboxylic acids is 3. The Labute approximate surface area is 115 Å². The number of imide groups is 1. The van der Waals surface area contributed by atoms with Crippen molar-refractivity contribution in [3.8, 4) is 0 Å². The summed E-state index contributed by atoms with van der Waals surface area (Å²) in [6.07, 6.45) is 3.21. The fourth-order valence-corrected chi connectivity index (χ4v) is 2.02. The summed E-state index contributed by atoms with van der Waals surface area (Å²) in [6.45, 7) is 1.62. The molecule has 1 atom stereocenters. The lowest BCUT2D eigenvalue weighted by atomic mass is 10.1. The van der Waals surface area contributed by atoms with Crippen LogP contribution in [0.1, 0.15) is 23.8 Å². The Balaban J connectivity index is 2.29. The Morgan fingerprint density at radius 2 is 2.25 bits per heavy atom. The largest absolute Gasteiger partial charge is 0.372 e. The van der Waals surface area contributed by atoms with Crippen LogP contribution in [0, 0.1) is 0 Å². The molecule has 1 saturated heterocycles. The minimum atomic E-state index is -0.666. The lowest BCUT2D eigenvalue weighted by Crippen LogP contribution is -2.59. The van der Waals surface area contributed by atoms with Crippen LogP contribution in [-0.2, 0) is 9.59 Å². The zero-order valence-corrected chi connectivity index (χ0v) is 11.2. The Bertz CT molecular complexity index is 560. The van der Waals surface area contributed by atoms with E-state index in [0.29, 0.717) is 12.2 Å². The van der Waals surface area contributed by atoms with Crippen LogP contribution in [0.5, 0.6) is 0 Å². The van der Waals surface area contributed by atoms with Crippen molar-refractivity contribution in [3.63, 3.8) is 0 Å². The molecule has 0 aromatic carbocycles. The second-order valence-corrected chi connectivity index (χ2v) is 4.31. The summed E-state index contributed by atoms with van der Waals surface area (Å²) in [6, 6.07) is -0.666. The molecular weight excluding hydrogens is 262 g/mol. The molecule has 1 aliphatic rings. The summed E-state index contributed by atoms with van der Waals surface area (Å²) < 4.78 is 0. The van der Waals surface area contributed by atoms with Crippen LogP contribution in [0.4, 0.5) is 5.82 Å². The van der Waals surface area contributed by atoms with Gasteiger partial charge in [-0.1, -0.05) is 6.92 Å². The number of piperazine rings is 1. The van der Waals surface area contributed by atoms with Crippen LogP contribution in [-0.4, -0.2) is 52.2 Å². The van der Waals surface area contributed by atoms with Gasteiger partial charge in [0, 0.05) is 7.05 Å². The number of hydrogen-bond acceptors (Lipinski definition) is 6. The number of amides is 3. The van der Waals surface area contributed by atoms with Gasteiger partial charge in [-0.25, -0.2) is 4.98 Å². The van der Waals surface area contributed by atoms with Crippen molar-refractivity contribution in [2.75, 3.05) is 18.9 Å². The molecule has 3 amide bonds. The standard InChI is InChI=1S/C12H15N5O3/c1-3-8-11(19)16-10(18)6-17(8)12(20)7-4-14-5-9(13-2)15-7/h4-5,8H,3,6H2,1-2H3,(H,13,15)(H,16,18,19). The van der Waals surface area contributed by atoms with Crippen molar-refractivity contribution >= 4 is 23.5 Å². The molecule has 2 N–H and O–H groups in total. The van der Waals surface area contributed by atoms with E-state index in [-0.39, 0.29) is 12.2 Å². The summed E-state index contributed by atoms with van der Waals surface area (Å²) in [4.78, 5) is 44.8. The molecule has 8 heteroatoms. The van der Waals surface area contributed by atoms with Gasteiger partial charge in [-0.05, 0) is 6.42 Å². The summed E-state index contributed by atoms with van der Waals surface area (Å²) in [5.74, 6) is -0.998. The molecule has 1 unspecified atom stereocenters. The molecule has 0 saturated carbocycles. The molecule has 0 spiro atoms. The number of nitrogens with one attached hydrogen (secondary N) is 2. The maximum absolute atomic E-state index is 12.4. The average molecular weight is 277 g/mol. The van der Waals surface area contributed by atoms with E-state index in [1.807, 2.05) is 0 Å². The number of carbonyl (C=O) groups is 3. The van der Waals surface area contributed by atoms with Gasteiger partial charge in [0.25, 0.3) is 5.91 Å². The van der Waals surface area contributed by atoms with Gasteiger partial charge in [0.15, 0.2) is 0 Å². The SMILES string of the molecule is CCC1C(=O)NC(=O)CN1C(=O)c1cncc(NC)n1. The molecule has 2 rings (SSSR count). The van der Waals surface area contributed by atoms with Crippen LogP contribution in [0.2, 0.25) is 0 Å². The van der Waals surface area contributed by atoms with E-state index in [1.54, 1.807) is 14.0 Å². The normalized spacial score (nSPS) is 18.7. The van der Waals surface area contributed by atoms with Crippen LogP contribution in [0.25, 0.3) is 0 Å². The van der Waals surface area contributed by atoms with Gasteiger partial charge in [0.2, 0.25) is 11.8 Å². The van der Waals surface area contributed by atoms with E-state index in [0.717, 1.165) is 0 Å². The zero-order chi connectivity index (χ0) is 14.7. The zero-order valence-electron chi connectivity index (χ0n) is 11.2. The van der Waals surface area contributed by atoms with Crippen LogP contribution >= 0.6 is 0 Å². The molecule has 1 aromatic rings. The molecule has 2 heterocycles. The van der Waals surface area contributed by atoms with Crippen LogP contribution < -0.4 is 10.6 Å². The molecule has 1 fully saturated rings. The lowest BCUT2D eigenvalue weighted by molar-refractivity contribution is -0.138. The first-order chi connectivity index (χ1) is 9.56. The van der Waals surface area contributed by atoms with E-state index >= 15 is 0 Å². The Hall–Kier alpha value is -2.51. The van der Waals surface area contributed by atoms with Crippen molar-refractivity contribution in [3.05, 3.63) is 18.1 Å². The molecule has 8 nitrogen and oxygen atoms in total. The molecule has 0 bridgehead atoms. The molecule has 106 valence electrons. The summed E-state index contributed by atoms with van der Waals surface area (Å²) in [5.41, 5.74) is 0.0952. The number of rotatable bonds is 3. The average Bonchev–Trinajstić information content (AvgIpc) is 2.45. The molecule has 1 aromatic heterocycles. The van der Waals surface area contributed by atoms with E-state index in [9.17, 15) is 14.4 Å². The molecule has 0 radical (unpaired) electrons. The van der Waals surface area contributed by atoms with Crippen molar-refractivity contribution in [1.82, 2.24) is 20.2 Å². The first-order valence-corrected chi connectivity index (χ1v) is 6.21. The van der Waals surface area contributed by atoms with Gasteiger partial charge >= 0.3 is 0 Å². The lowest BCUT2D eigenvalue weighted by Gasteiger charge is -2.33. The number of aromatic nitrogens is 2. The Morgan fingerprint density at radius 1 is 1.50 bits per heavy atom. The second kappa shape index (κ2) is 5.64. The molecular formula is C12H15N5O3. The Kier molecular flexibility index (Phi) is 3.92. The third kappa shape index (κ3) is 2.58. The summed E-state index contributed by atoms with van der Waals surface area (Å²) >= 11 is 0. The van der Waals surface area contributed by atoms with E-state index < -0.39 is 23.8 Å². The fourth-order valence-electron chi connectivity index (χ4n) is 2.02. The van der Waals surface area contributed by atoms with Crippen LogP contribution in [0.15, 0.2) is 12.4 Å². The topological polar surface area (TPSA) is 104 Å². The van der Waals surface area contributed by atoms with Gasteiger partial charge in [-0.2, -0.15) is 0 Å². The van der Waals surface area contributed by atoms with E-state index in [1.165, 1.54) is 17.3 Å². The maximum atomic E-state index is 12.4. The fraction of sp³-hybridized carbons (Fsp3) is 0.417. The quantitative estimate of drug-likeness (QED) is 0.715. The highest BCUT2D eigenvalue weighted by Crippen LogP contribution is 2.13. The first kappa shape index (κ1) is 13.9. The third-order valence-electron chi connectivity index (χ3n) is 3.01. The highest BCUT2D eigenvalue weighted by Gasteiger charge is 2.36. The third-order valence-corrected chi connectivity index (χ3v) is 3.01. The van der Waals surface area contributed by atoms with Crippen molar-refractivity contribution in [2.45, 2.75) is 19.4 Å². The minimum absolute atomic E-state index is 0.0952. The minimum Gasteiger partial charge on any atom is -0.372 e. The van der Waals surface area contributed by atoms with Crippen molar-refractivity contribution in [2.24, 2.45) is 0 Å². The van der Waals surface area contributed by atoms with E-state index in [4.69, 9.17) is 0 Å². The van der Waals surface area contributed by atoms with Gasteiger partial charge in [-0.15, -0.1) is 0 Å². The monoisotopic (exact) mass is 277 g/mol. The van der Waals surface area contributed by atoms with E-state index in [2.05, 4.69) is 20.6 Å². The predicted molar refractivity (Wildman–Crippen MR) is 69.8 cm³/mol. The van der Waals surface area contributed by atoms with Gasteiger partial charge in [0.1, 0.15) is 24.1 Å². The number of hydrogen-bond donors (Lipinski definition) is 2. The van der Waals surface area contributed by atoms with Crippen LogP contribution in [0.3, 0.4) is 0 Å². The maximum Gasteiger partial charge on any atom is 0.275 e. The van der Waals surface area contributed by atoms with Gasteiger partial charge in [0.05, 0.1) is 12.4 Å². The highest BCUT2D eigenvalue weighted by molar-refractivity contribution is 6.06. The van der Waals surface area contributed by atoms with Gasteiger partial charge < -0.3 is 10.2 Å².